The molecule has 0 saturated heterocycles. The maximum atomic E-state index is 14.3. The molecule has 1 saturated carbocycles. The molecule has 0 spiro atoms. The topological polar surface area (TPSA) is 51.8 Å². The first kappa shape index (κ1) is 39.7. The minimum absolute atomic E-state index is 0. The van der Waals surface area contributed by atoms with Crippen molar-refractivity contribution in [3.8, 4) is 33.6 Å². The molecule has 1 radical (unpaired) electrons. The molecule has 0 atom stereocenters. The maximum Gasteiger partial charge on any atom is 0 e. The van der Waals surface area contributed by atoms with Crippen LogP contribution in [-0.2, 0) is 26.5 Å². The van der Waals surface area contributed by atoms with Gasteiger partial charge in [-0.3, -0.25) is 0 Å². The summed E-state index contributed by atoms with van der Waals surface area (Å²) >= 11 is -1.87. The van der Waals surface area contributed by atoms with E-state index >= 15 is 0 Å². The maximum absolute atomic E-state index is 14.3. The van der Waals surface area contributed by atoms with Crippen molar-refractivity contribution in [2.75, 3.05) is 0 Å². The summed E-state index contributed by atoms with van der Waals surface area (Å²) in [6.45, 7) is 4.40. The van der Waals surface area contributed by atoms with Gasteiger partial charge in [0.2, 0.25) is 0 Å². The van der Waals surface area contributed by atoms with Crippen LogP contribution in [-0.4, -0.2) is 28.2 Å². The predicted molar refractivity (Wildman–Crippen MR) is 219 cm³/mol. The fourth-order valence-corrected chi connectivity index (χ4v) is 11.2. The van der Waals surface area contributed by atoms with Gasteiger partial charge in [-0.25, -0.2) is 4.39 Å². The quantitative estimate of drug-likeness (QED) is 0.107. The molecule has 0 bridgehead atoms. The Balaban J connectivity index is 0.000000191. The van der Waals surface area contributed by atoms with E-state index in [0.717, 1.165) is 57.8 Å². The van der Waals surface area contributed by atoms with Gasteiger partial charge in [-0.2, -0.15) is 0 Å². The molecule has 4 aromatic heterocycles. The second-order valence-electron chi connectivity index (χ2n) is 15.4. The molecule has 0 amide bonds. The van der Waals surface area contributed by atoms with Crippen molar-refractivity contribution < 1.29 is 28.9 Å². The first-order valence-corrected chi connectivity index (χ1v) is 26.5. The van der Waals surface area contributed by atoms with Crippen molar-refractivity contribution in [3.05, 3.63) is 133 Å². The average Bonchev–Trinajstić information content (AvgIpc) is 3.83. The Hall–Kier alpha value is -3.97. The predicted octanol–water partition coefficient (Wildman–Crippen LogP) is 12.4. The Morgan fingerprint density at radius 3 is 2.28 bits per heavy atom. The van der Waals surface area contributed by atoms with Gasteiger partial charge in [-0.05, 0) is 47.7 Å². The Morgan fingerprint density at radius 1 is 0.833 bits per heavy atom. The van der Waals surface area contributed by atoms with E-state index in [1.807, 2.05) is 48.7 Å². The Morgan fingerprint density at radius 2 is 1.57 bits per heavy atom. The van der Waals surface area contributed by atoms with Gasteiger partial charge in [0.05, 0.1) is 5.58 Å². The number of furan rings is 1. The van der Waals surface area contributed by atoms with Crippen molar-refractivity contribution in [1.29, 1.82) is 0 Å². The largest absolute Gasteiger partial charge is 0 e. The molecule has 7 aromatic rings. The zero-order valence-corrected chi connectivity index (χ0v) is 36.4. The number of pyridine rings is 3. The van der Waals surface area contributed by atoms with Crippen LogP contribution in [0.25, 0.3) is 55.7 Å². The number of hydrogen-bond acceptors (Lipinski definition) is 4. The van der Waals surface area contributed by atoms with E-state index in [4.69, 9.17) is 9.40 Å². The van der Waals surface area contributed by atoms with Crippen LogP contribution in [0.5, 0.6) is 0 Å². The van der Waals surface area contributed by atoms with E-state index in [-0.39, 0.29) is 25.9 Å². The fourth-order valence-electron chi connectivity index (χ4n) is 7.82. The fraction of sp³-hybridized carbons (Fsp3) is 0.298. The third-order valence-corrected chi connectivity index (χ3v) is 15.0. The first-order valence-electron chi connectivity index (χ1n) is 19.1. The number of aromatic nitrogens is 3. The third kappa shape index (κ3) is 8.94. The van der Waals surface area contributed by atoms with Crippen LogP contribution in [0.15, 0.2) is 108 Å². The number of hydrogen-bond donors (Lipinski definition) is 0. The Kier molecular flexibility index (Phi) is 13.0. The van der Waals surface area contributed by atoms with Crippen LogP contribution >= 0.6 is 0 Å². The van der Waals surface area contributed by atoms with Gasteiger partial charge in [-0.15, -0.1) is 5.56 Å². The standard InChI is InChI=1S/C27H22FN2O.C20H26GeN.Ir/c1-3-17(4-2)19-10-11-29-23(12-19)20-13-25-27(30-16-20)26-22(18-8-6-5-7-9-18)14-21(28)15-24(26)31-25;1-21(2,3)19-15-22-20(17-11-5-4-6-12-17)14-18(19)13-16-9-7-8-10-16;/h5-12,14-17H,3-4H2,1-2H3;4-6,11,14-16H,7-10,13H2,1-3H3;/q2*-1;. The van der Waals surface area contributed by atoms with Crippen LogP contribution in [0.3, 0.4) is 0 Å². The van der Waals surface area contributed by atoms with Crippen LogP contribution in [0.2, 0.25) is 17.3 Å². The smallest absolute Gasteiger partial charge is 0 e. The molecule has 0 unspecified atom stereocenters. The summed E-state index contributed by atoms with van der Waals surface area (Å²) in [5.74, 6) is 8.47. The number of benzene rings is 3. The van der Waals surface area contributed by atoms with Crippen molar-refractivity contribution in [3.63, 3.8) is 0 Å². The first-order chi connectivity index (χ1) is 25.7. The number of fused-ring (bicyclic) bond motifs is 3. The number of halogens is 1. The summed E-state index contributed by atoms with van der Waals surface area (Å²) in [4.78, 5) is 14.0. The van der Waals surface area contributed by atoms with Gasteiger partial charge in [0.25, 0.3) is 0 Å². The second-order valence-corrected chi connectivity index (χ2v) is 25.9. The molecular weight excluding hydrogens is 906 g/mol. The van der Waals surface area contributed by atoms with Gasteiger partial charge in [0.15, 0.2) is 0 Å². The molecule has 4 heterocycles. The molecule has 7 heteroatoms. The summed E-state index contributed by atoms with van der Waals surface area (Å²) in [7, 11) is 0. The third-order valence-electron chi connectivity index (χ3n) is 10.7. The molecule has 54 heavy (non-hydrogen) atoms. The van der Waals surface area contributed by atoms with Crippen LogP contribution in [0.4, 0.5) is 4.39 Å². The minimum atomic E-state index is -1.87. The van der Waals surface area contributed by atoms with Gasteiger partial charge < -0.3 is 14.4 Å². The van der Waals surface area contributed by atoms with Gasteiger partial charge in [0, 0.05) is 43.3 Å². The summed E-state index contributed by atoms with van der Waals surface area (Å²) < 4.78 is 21.9. The Bertz CT molecular complexity index is 2310. The summed E-state index contributed by atoms with van der Waals surface area (Å²) in [6, 6.07) is 34.0. The normalized spacial score (nSPS) is 13.2. The van der Waals surface area contributed by atoms with Gasteiger partial charge >= 0.3 is 137 Å². The van der Waals surface area contributed by atoms with Crippen LogP contribution in [0, 0.1) is 23.9 Å². The molecule has 0 N–H and O–H groups in total. The van der Waals surface area contributed by atoms with E-state index in [1.165, 1.54) is 49.8 Å². The van der Waals surface area contributed by atoms with Gasteiger partial charge in [0.1, 0.15) is 11.4 Å². The molecule has 1 aliphatic carbocycles. The van der Waals surface area contributed by atoms with E-state index in [2.05, 4.69) is 89.7 Å². The zero-order valence-electron chi connectivity index (χ0n) is 31.9. The number of rotatable bonds is 9. The zero-order chi connectivity index (χ0) is 37.0. The van der Waals surface area contributed by atoms with Crippen molar-refractivity contribution >= 4 is 39.7 Å². The molecule has 0 aliphatic heterocycles. The van der Waals surface area contributed by atoms with E-state index in [1.54, 1.807) is 16.2 Å². The van der Waals surface area contributed by atoms with Crippen molar-refractivity contribution in [2.24, 2.45) is 5.92 Å². The second kappa shape index (κ2) is 17.7. The summed E-state index contributed by atoms with van der Waals surface area (Å²) in [5.41, 5.74) is 9.94. The molecule has 279 valence electrons. The van der Waals surface area contributed by atoms with Crippen LogP contribution in [0.1, 0.15) is 69.4 Å². The molecule has 4 nitrogen and oxygen atoms in total. The number of nitrogens with zero attached hydrogens (tertiary/aromatic N) is 3. The molecule has 3 aromatic carbocycles. The monoisotopic (exact) mass is 956 g/mol. The van der Waals surface area contributed by atoms with E-state index in [0.29, 0.717) is 22.6 Å². The Labute approximate surface area is 335 Å². The molecule has 1 fully saturated rings. The van der Waals surface area contributed by atoms with E-state index in [9.17, 15) is 4.39 Å². The summed E-state index contributed by atoms with van der Waals surface area (Å²) in [6.07, 6.45) is 14.9. The molecule has 1 aliphatic rings. The van der Waals surface area contributed by atoms with E-state index < -0.39 is 13.3 Å². The van der Waals surface area contributed by atoms with Gasteiger partial charge in [-0.1, -0.05) is 68.1 Å². The molecular formula is C47H48FGeIrN3O-2. The van der Waals surface area contributed by atoms with Crippen LogP contribution < -0.4 is 4.40 Å². The molecule has 8 rings (SSSR count). The van der Waals surface area contributed by atoms with Crippen molar-refractivity contribution in [1.82, 2.24) is 15.0 Å². The van der Waals surface area contributed by atoms with Crippen molar-refractivity contribution in [2.45, 2.75) is 82.0 Å². The minimum Gasteiger partial charge on any atom is 0 e. The average molecular weight is 955 g/mol. The summed E-state index contributed by atoms with van der Waals surface area (Å²) in [5, 5.41) is 0.795. The SMILES string of the molecule is CCC(CC)c1ccnc(-c2[c-]c3oc4cc(F)cc(-c5ccccc5)c4c3nc2)c1.[CH3][Ge]([CH3])([CH3])[c]1cnc(-c2[c-]cccc2)cc1CC1CCCC1.[Ir].